The first kappa shape index (κ1) is 42.9. The van der Waals surface area contributed by atoms with E-state index in [-0.39, 0.29) is 4.90 Å². The minimum Gasteiger partial charge on any atom is -0.501 e. The van der Waals surface area contributed by atoms with Gasteiger partial charge in [-0.05, 0) is 87.9 Å². The molecule has 3 aliphatic rings. The highest BCUT2D eigenvalue weighted by Gasteiger charge is 2.33. The van der Waals surface area contributed by atoms with Crippen LogP contribution in [0, 0.1) is 17.7 Å². The van der Waals surface area contributed by atoms with E-state index >= 15 is 0 Å². The maximum atomic E-state index is 12.9. The molecule has 1 aromatic carbocycles. The molecular formula is C38H60F2N4O3S. The van der Waals surface area contributed by atoms with E-state index in [1.807, 2.05) is 18.0 Å². The number of methoxy groups -OCH3 is 1. The second-order valence-corrected chi connectivity index (χ2v) is 13.9. The smallest absolute Gasteiger partial charge is 0.243 e. The summed E-state index contributed by atoms with van der Waals surface area (Å²) in [6.45, 7) is 10.7. The molecule has 7 nitrogen and oxygen atoms in total. The minimum atomic E-state index is -3.65. The lowest BCUT2D eigenvalue weighted by atomic mass is 9.74. The van der Waals surface area contributed by atoms with Gasteiger partial charge in [-0.15, -0.1) is 6.58 Å². The number of nitrogens with zero attached hydrogens (tertiary/aromatic N) is 2. The average Bonchev–Trinajstić information content (AvgIpc) is 3.39. The van der Waals surface area contributed by atoms with Gasteiger partial charge in [0.25, 0.3) is 0 Å². The van der Waals surface area contributed by atoms with Crippen LogP contribution in [-0.4, -0.2) is 51.9 Å². The van der Waals surface area contributed by atoms with Gasteiger partial charge in [0.05, 0.1) is 32.1 Å². The van der Waals surface area contributed by atoms with Gasteiger partial charge in [-0.1, -0.05) is 69.9 Å². The normalized spacial score (nSPS) is 18.8. The number of imidazole rings is 1. The SMILES string of the molecule is C=CC.CCC.CF.CNS(=O)(=O)c1ccccc1F.COC1=CC=C2C(=CC1)CCC(NCC1CCCCC1)C2Cc1cn(C)cn1. The highest BCUT2D eigenvalue weighted by molar-refractivity contribution is 7.89. The average molecular weight is 691 g/mol. The van der Waals surface area contributed by atoms with Gasteiger partial charge in [-0.25, -0.2) is 22.5 Å². The summed E-state index contributed by atoms with van der Waals surface area (Å²) in [4.78, 5) is 4.31. The molecule has 48 heavy (non-hydrogen) atoms. The molecule has 0 amide bonds. The van der Waals surface area contributed by atoms with E-state index in [0.717, 1.165) is 37.0 Å². The maximum Gasteiger partial charge on any atom is 0.243 e. The largest absolute Gasteiger partial charge is 0.501 e. The summed E-state index contributed by atoms with van der Waals surface area (Å²) in [5, 5.41) is 3.99. The number of aryl methyl sites for hydroxylation is 1. The second-order valence-electron chi connectivity index (χ2n) is 12.0. The number of aromatic nitrogens is 2. The van der Waals surface area contributed by atoms with Crippen molar-refractivity contribution in [3.8, 4) is 0 Å². The molecule has 0 saturated heterocycles. The van der Waals surface area contributed by atoms with E-state index < -0.39 is 15.8 Å². The third-order valence-electron chi connectivity index (χ3n) is 8.22. The number of rotatable bonds is 8. The van der Waals surface area contributed by atoms with Gasteiger partial charge in [0.15, 0.2) is 0 Å². The van der Waals surface area contributed by atoms with E-state index in [2.05, 4.69) is 66.8 Å². The first-order chi connectivity index (χ1) is 23.1. The fraction of sp³-hybridized carbons (Fsp3) is 0.553. The molecule has 3 aliphatic carbocycles. The van der Waals surface area contributed by atoms with Gasteiger partial charge in [0.1, 0.15) is 10.7 Å². The Labute approximate surface area is 289 Å². The minimum absolute atomic E-state index is 0.326. The van der Waals surface area contributed by atoms with Gasteiger partial charge >= 0.3 is 0 Å². The van der Waals surface area contributed by atoms with Crippen LogP contribution in [0.15, 0.2) is 89.5 Å². The third kappa shape index (κ3) is 14.6. The van der Waals surface area contributed by atoms with E-state index in [1.165, 1.54) is 93.6 Å². The molecule has 0 bridgehead atoms. The van der Waals surface area contributed by atoms with Crippen molar-refractivity contribution in [3.05, 3.63) is 96.1 Å². The predicted octanol–water partition coefficient (Wildman–Crippen LogP) is 8.63. The van der Waals surface area contributed by atoms with Crippen molar-refractivity contribution in [2.75, 3.05) is 27.9 Å². The lowest BCUT2D eigenvalue weighted by molar-refractivity contribution is 0.284. The van der Waals surface area contributed by atoms with Crippen LogP contribution in [0.3, 0.4) is 0 Å². The van der Waals surface area contributed by atoms with Crippen molar-refractivity contribution in [3.63, 3.8) is 0 Å². The predicted molar refractivity (Wildman–Crippen MR) is 195 cm³/mol. The fourth-order valence-corrected chi connectivity index (χ4v) is 6.77. The Morgan fingerprint density at radius 1 is 1.10 bits per heavy atom. The second kappa shape index (κ2) is 24.1. The van der Waals surface area contributed by atoms with Gasteiger partial charge in [-0.2, -0.15) is 0 Å². The third-order valence-corrected chi connectivity index (χ3v) is 9.66. The number of sulfonamides is 1. The lowest BCUT2D eigenvalue weighted by Crippen LogP contribution is -2.43. The summed E-state index contributed by atoms with van der Waals surface area (Å²) in [6, 6.07) is 5.74. The van der Waals surface area contributed by atoms with Crippen molar-refractivity contribution in [1.29, 1.82) is 0 Å². The number of hydrogen-bond acceptors (Lipinski definition) is 5. The number of benzene rings is 1. The molecule has 0 aliphatic heterocycles. The molecule has 270 valence electrons. The molecule has 10 heteroatoms. The summed E-state index contributed by atoms with van der Waals surface area (Å²) >= 11 is 0. The number of alkyl halides is 1. The number of fused-ring (bicyclic) bond motifs is 1. The van der Waals surface area contributed by atoms with Crippen molar-refractivity contribution in [1.82, 2.24) is 19.6 Å². The number of nitrogens with one attached hydrogen (secondary N) is 2. The van der Waals surface area contributed by atoms with E-state index in [4.69, 9.17) is 4.74 Å². The quantitative estimate of drug-likeness (QED) is 0.271. The Hall–Kier alpha value is -3.08. The molecule has 5 rings (SSSR count). The topological polar surface area (TPSA) is 85.3 Å². The van der Waals surface area contributed by atoms with Crippen LogP contribution in [0.4, 0.5) is 8.78 Å². The van der Waals surface area contributed by atoms with Crippen molar-refractivity contribution in [2.24, 2.45) is 18.9 Å². The zero-order valence-electron chi connectivity index (χ0n) is 30.3. The Bertz CT molecular complexity index is 1400. The first-order valence-corrected chi connectivity index (χ1v) is 18.6. The van der Waals surface area contributed by atoms with Crippen LogP contribution in [0.25, 0.3) is 0 Å². The van der Waals surface area contributed by atoms with E-state index in [1.54, 1.807) is 13.2 Å². The summed E-state index contributed by atoms with van der Waals surface area (Å²) in [5.41, 5.74) is 4.20. The molecule has 2 aromatic rings. The highest BCUT2D eigenvalue weighted by Crippen LogP contribution is 2.38. The molecule has 2 unspecified atom stereocenters. The molecule has 0 spiro atoms. The Morgan fingerprint density at radius 2 is 1.75 bits per heavy atom. The van der Waals surface area contributed by atoms with Crippen molar-refractivity contribution >= 4 is 10.0 Å². The van der Waals surface area contributed by atoms with Gasteiger partial charge in [-0.3, -0.25) is 4.39 Å². The summed E-state index contributed by atoms with van der Waals surface area (Å²) in [6.07, 6.45) is 25.3. The van der Waals surface area contributed by atoms with Crippen LogP contribution in [0.1, 0.15) is 84.3 Å². The lowest BCUT2D eigenvalue weighted by Gasteiger charge is -2.37. The van der Waals surface area contributed by atoms with Gasteiger partial charge in [0, 0.05) is 31.6 Å². The van der Waals surface area contributed by atoms with Gasteiger partial charge < -0.3 is 14.6 Å². The standard InChI is InChI=1S/C24H35N3O.C7H8FNO2S.C3H8.C3H6.CH3F/c1-27-16-20(26-17-27)14-23-22-12-11-21(28-2)10-8-19(22)9-13-24(23)25-15-18-6-4-3-5-7-18;1-9-12(10,11)7-5-3-2-4-6(7)8;2*1-3-2;1-2/h8,11-12,16-18,23-25H,3-7,9-10,13-15H2,1-2H3;2-5,9H,1H3;3H2,1-2H3;3H,1H2,2H3;1H3. The number of halogens is 2. The van der Waals surface area contributed by atoms with Crippen LogP contribution in [0.2, 0.25) is 0 Å². The molecule has 1 heterocycles. The molecular weight excluding hydrogens is 631 g/mol. The Kier molecular flexibility index (Phi) is 21.6. The Balaban J connectivity index is 0.000000479. The summed E-state index contributed by atoms with van der Waals surface area (Å²) in [7, 11) is 1.92. The molecule has 1 aromatic heterocycles. The number of allylic oxidation sites excluding steroid dienone is 5. The van der Waals surface area contributed by atoms with Crippen LogP contribution < -0.4 is 10.0 Å². The highest BCUT2D eigenvalue weighted by atomic mass is 32.2. The zero-order valence-corrected chi connectivity index (χ0v) is 31.1. The summed E-state index contributed by atoms with van der Waals surface area (Å²) < 4.78 is 54.1. The molecule has 2 saturated carbocycles. The summed E-state index contributed by atoms with van der Waals surface area (Å²) in [5.74, 6) is 1.65. The van der Waals surface area contributed by atoms with E-state index in [0.29, 0.717) is 19.1 Å². The first-order valence-electron chi connectivity index (χ1n) is 17.1. The van der Waals surface area contributed by atoms with Crippen LogP contribution in [-0.2, 0) is 28.2 Å². The Morgan fingerprint density at radius 3 is 2.31 bits per heavy atom. The zero-order chi connectivity index (χ0) is 36.0. The van der Waals surface area contributed by atoms with Gasteiger partial charge in [0.2, 0.25) is 10.0 Å². The van der Waals surface area contributed by atoms with Crippen LogP contribution >= 0.6 is 0 Å². The van der Waals surface area contributed by atoms with E-state index in [9.17, 15) is 17.2 Å². The van der Waals surface area contributed by atoms with Crippen molar-refractivity contribution < 1.29 is 21.9 Å². The maximum absolute atomic E-state index is 12.9. The fourth-order valence-electron chi connectivity index (χ4n) is 5.96. The number of hydrogen-bond donors (Lipinski definition) is 2. The molecule has 2 atom stereocenters. The van der Waals surface area contributed by atoms with Crippen LogP contribution in [0.5, 0.6) is 0 Å². The molecule has 0 radical (unpaired) electrons. The molecule has 2 N–H and O–H groups in total. The van der Waals surface area contributed by atoms with Crippen molar-refractivity contribution in [2.45, 2.75) is 95.9 Å². The monoisotopic (exact) mass is 690 g/mol. The molecule has 2 fully saturated rings. The number of ether oxygens (including phenoxy) is 1.